The number of carbonyl (C=O) groups excluding carboxylic acids is 2. The molecule has 0 aliphatic carbocycles. The molecule has 0 heterocycles. The lowest BCUT2D eigenvalue weighted by Crippen LogP contribution is -2.28. The second-order valence-electron chi connectivity index (χ2n) is 3.38. The normalized spacial score (nSPS) is 9.17. The van der Waals surface area contributed by atoms with Gasteiger partial charge in [-0.1, -0.05) is 5.92 Å². The number of hydrogen-bond acceptors (Lipinski definition) is 3. The number of nitrogens with one attached hydrogen (secondary N) is 2. The number of terminal acetylenes is 1. The summed E-state index contributed by atoms with van der Waals surface area (Å²) < 4.78 is 4.62. The molecular weight excluding hydrogens is 232 g/mol. The number of methoxy groups -OCH3 is 1. The Hall–Kier alpha value is -2.48. The molecule has 1 rings (SSSR count). The van der Waals surface area contributed by atoms with Crippen LogP contribution in [-0.2, 0) is 4.74 Å². The van der Waals surface area contributed by atoms with Gasteiger partial charge < -0.3 is 15.4 Å². The maximum atomic E-state index is 11.5. The summed E-state index contributed by atoms with van der Waals surface area (Å²) in [4.78, 5) is 22.8. The molecule has 0 unspecified atom stereocenters. The van der Waals surface area contributed by atoms with Gasteiger partial charge in [0, 0.05) is 17.8 Å². The van der Waals surface area contributed by atoms with Crippen molar-refractivity contribution >= 4 is 17.7 Å². The van der Waals surface area contributed by atoms with Crippen LogP contribution in [-0.4, -0.2) is 25.7 Å². The summed E-state index contributed by atoms with van der Waals surface area (Å²) in [6.45, 7) is 2.32. The van der Waals surface area contributed by atoms with Crippen molar-refractivity contribution in [3.8, 4) is 12.3 Å². The molecule has 0 aromatic heterocycles. The van der Waals surface area contributed by atoms with Gasteiger partial charge in [-0.15, -0.1) is 6.42 Å². The lowest BCUT2D eigenvalue weighted by molar-refractivity contribution is 0.0600. The predicted molar refractivity (Wildman–Crippen MR) is 68.4 cm³/mol. The van der Waals surface area contributed by atoms with Gasteiger partial charge in [0.1, 0.15) is 0 Å². The highest BCUT2D eigenvalue weighted by atomic mass is 16.5. The number of urea groups is 1. The molecule has 0 atom stereocenters. The Kier molecular flexibility index (Phi) is 4.76. The Bertz CT molecular complexity index is 503. The van der Waals surface area contributed by atoms with Crippen molar-refractivity contribution in [1.29, 1.82) is 0 Å². The van der Waals surface area contributed by atoms with Crippen molar-refractivity contribution < 1.29 is 14.3 Å². The highest BCUT2D eigenvalue weighted by Gasteiger charge is 2.12. The number of rotatable bonds is 3. The smallest absolute Gasteiger partial charge is 0.339 e. The second kappa shape index (κ2) is 6.30. The fourth-order valence-electron chi connectivity index (χ4n) is 1.36. The Labute approximate surface area is 106 Å². The van der Waals surface area contributed by atoms with E-state index in [0.29, 0.717) is 17.8 Å². The first-order chi connectivity index (χ1) is 8.62. The molecule has 0 radical (unpaired) electrons. The predicted octanol–water partition coefficient (Wildman–Crippen LogP) is 1.60. The maximum absolute atomic E-state index is 11.5. The molecule has 0 spiro atoms. The summed E-state index contributed by atoms with van der Waals surface area (Å²) in [6, 6.07) is 4.34. The van der Waals surface area contributed by atoms with E-state index in [1.54, 1.807) is 19.1 Å². The average molecular weight is 246 g/mol. The highest BCUT2D eigenvalue weighted by Crippen LogP contribution is 2.16. The standard InChI is InChI=1S/C13H14N2O3/c1-4-9-6-7-10(15-13(17)14-5-2)8-11(9)12(16)18-3/h1,6-8H,5H2,2-3H3,(H2,14,15,17). The van der Waals surface area contributed by atoms with Gasteiger partial charge in [0.05, 0.1) is 12.7 Å². The monoisotopic (exact) mass is 246 g/mol. The Morgan fingerprint density at radius 3 is 2.72 bits per heavy atom. The van der Waals surface area contributed by atoms with Crippen LogP contribution in [0.5, 0.6) is 0 Å². The zero-order chi connectivity index (χ0) is 13.5. The molecule has 1 aromatic rings. The minimum Gasteiger partial charge on any atom is -0.465 e. The van der Waals surface area contributed by atoms with Crippen molar-refractivity contribution in [2.75, 3.05) is 19.0 Å². The quantitative estimate of drug-likeness (QED) is 0.628. The van der Waals surface area contributed by atoms with Crippen LogP contribution >= 0.6 is 0 Å². The lowest BCUT2D eigenvalue weighted by atomic mass is 10.1. The Morgan fingerprint density at radius 1 is 1.44 bits per heavy atom. The second-order valence-corrected chi connectivity index (χ2v) is 3.38. The van der Waals surface area contributed by atoms with Crippen LogP contribution in [0.3, 0.4) is 0 Å². The Balaban J connectivity index is 3.00. The zero-order valence-electron chi connectivity index (χ0n) is 10.2. The van der Waals surface area contributed by atoms with Crippen molar-refractivity contribution in [1.82, 2.24) is 5.32 Å². The van der Waals surface area contributed by atoms with Crippen LogP contribution in [0.15, 0.2) is 18.2 Å². The summed E-state index contributed by atoms with van der Waals surface area (Å²) in [5.74, 6) is 1.85. The number of ether oxygens (including phenoxy) is 1. The van der Waals surface area contributed by atoms with Crippen molar-refractivity contribution in [3.05, 3.63) is 29.3 Å². The van der Waals surface area contributed by atoms with E-state index in [2.05, 4.69) is 21.3 Å². The van der Waals surface area contributed by atoms with E-state index in [-0.39, 0.29) is 11.6 Å². The van der Waals surface area contributed by atoms with Crippen molar-refractivity contribution in [2.24, 2.45) is 0 Å². The van der Waals surface area contributed by atoms with Gasteiger partial charge >= 0.3 is 12.0 Å². The number of carbonyl (C=O) groups is 2. The number of amides is 2. The van der Waals surface area contributed by atoms with E-state index in [0.717, 1.165) is 0 Å². The molecule has 18 heavy (non-hydrogen) atoms. The molecular formula is C13H14N2O3. The third-order valence-electron chi connectivity index (χ3n) is 2.18. The molecule has 0 saturated carbocycles. The summed E-state index contributed by atoms with van der Waals surface area (Å²) in [5.41, 5.74) is 1.14. The summed E-state index contributed by atoms with van der Waals surface area (Å²) in [7, 11) is 1.27. The molecule has 0 fully saturated rings. The van der Waals surface area contributed by atoms with E-state index in [9.17, 15) is 9.59 Å². The minimum absolute atomic E-state index is 0.245. The largest absolute Gasteiger partial charge is 0.465 e. The number of hydrogen-bond donors (Lipinski definition) is 2. The third-order valence-corrected chi connectivity index (χ3v) is 2.18. The van der Waals surface area contributed by atoms with Gasteiger partial charge in [-0.05, 0) is 25.1 Å². The third kappa shape index (κ3) is 3.25. The zero-order valence-corrected chi connectivity index (χ0v) is 10.2. The fraction of sp³-hybridized carbons (Fsp3) is 0.231. The molecule has 0 aliphatic rings. The van der Waals surface area contributed by atoms with Crippen LogP contribution in [0, 0.1) is 12.3 Å². The topological polar surface area (TPSA) is 67.4 Å². The van der Waals surface area contributed by atoms with E-state index < -0.39 is 5.97 Å². The van der Waals surface area contributed by atoms with Crippen LogP contribution in [0.4, 0.5) is 10.5 Å². The molecule has 2 N–H and O–H groups in total. The van der Waals surface area contributed by atoms with E-state index >= 15 is 0 Å². The first kappa shape index (κ1) is 13.6. The molecule has 1 aromatic carbocycles. The van der Waals surface area contributed by atoms with E-state index in [4.69, 9.17) is 6.42 Å². The van der Waals surface area contributed by atoms with Gasteiger partial charge in [-0.3, -0.25) is 0 Å². The SMILES string of the molecule is C#Cc1ccc(NC(=O)NCC)cc1C(=O)OC. The van der Waals surface area contributed by atoms with Gasteiger partial charge in [-0.2, -0.15) is 0 Å². The van der Waals surface area contributed by atoms with Crippen molar-refractivity contribution in [3.63, 3.8) is 0 Å². The number of anilines is 1. The van der Waals surface area contributed by atoms with Crippen LogP contribution in [0.25, 0.3) is 0 Å². The van der Waals surface area contributed by atoms with Crippen LogP contribution in [0.2, 0.25) is 0 Å². The maximum Gasteiger partial charge on any atom is 0.339 e. The minimum atomic E-state index is -0.539. The molecule has 0 aliphatic heterocycles. The first-order valence-corrected chi connectivity index (χ1v) is 5.36. The molecule has 0 saturated heterocycles. The number of esters is 1. The fourth-order valence-corrected chi connectivity index (χ4v) is 1.36. The molecule has 2 amide bonds. The van der Waals surface area contributed by atoms with E-state index in [1.165, 1.54) is 13.2 Å². The first-order valence-electron chi connectivity index (χ1n) is 5.36. The Morgan fingerprint density at radius 2 is 2.17 bits per heavy atom. The van der Waals surface area contributed by atoms with Gasteiger partial charge in [0.25, 0.3) is 0 Å². The van der Waals surface area contributed by atoms with Gasteiger partial charge in [0.15, 0.2) is 0 Å². The van der Waals surface area contributed by atoms with Gasteiger partial charge in [0.2, 0.25) is 0 Å². The van der Waals surface area contributed by atoms with E-state index in [1.807, 2.05) is 0 Å². The molecule has 94 valence electrons. The number of benzene rings is 1. The summed E-state index contributed by atoms with van der Waals surface area (Å²) in [6.07, 6.45) is 5.28. The van der Waals surface area contributed by atoms with Crippen molar-refractivity contribution in [2.45, 2.75) is 6.92 Å². The van der Waals surface area contributed by atoms with Crippen LogP contribution in [0.1, 0.15) is 22.8 Å². The van der Waals surface area contributed by atoms with Crippen LogP contribution < -0.4 is 10.6 Å². The molecule has 5 nitrogen and oxygen atoms in total. The van der Waals surface area contributed by atoms with Gasteiger partial charge in [-0.25, -0.2) is 9.59 Å². The average Bonchev–Trinajstić information content (AvgIpc) is 2.38. The lowest BCUT2D eigenvalue weighted by Gasteiger charge is -2.08. The molecule has 5 heteroatoms. The highest BCUT2D eigenvalue weighted by molar-refractivity contribution is 5.95. The summed E-state index contributed by atoms with van der Waals surface area (Å²) in [5, 5.41) is 5.17. The molecule has 0 bridgehead atoms. The summed E-state index contributed by atoms with van der Waals surface area (Å²) >= 11 is 0.